The molecule has 1 aromatic rings. The fourth-order valence-corrected chi connectivity index (χ4v) is 5.71. The third-order valence-electron chi connectivity index (χ3n) is 5.04. The van der Waals surface area contributed by atoms with Gasteiger partial charge in [0.25, 0.3) is 5.91 Å². The molecule has 3 aliphatic heterocycles. The number of aliphatic carboxylic acids is 1. The normalized spacial score (nSPS) is 24.4. The van der Waals surface area contributed by atoms with Crippen molar-refractivity contribution < 1.29 is 58.9 Å². The topological polar surface area (TPSA) is 162 Å². The van der Waals surface area contributed by atoms with Gasteiger partial charge in [0.15, 0.2) is 10.8 Å². The first-order valence-electron chi connectivity index (χ1n) is 9.52. The molecule has 0 aliphatic carbocycles. The molecule has 170 valence electrons. The third-order valence-corrected chi connectivity index (χ3v) is 7.11. The van der Waals surface area contributed by atoms with E-state index in [1.54, 1.807) is 22.0 Å². The predicted molar refractivity (Wildman–Crippen MR) is 114 cm³/mol. The van der Waals surface area contributed by atoms with Gasteiger partial charge in [-0.1, -0.05) is 5.16 Å². The van der Waals surface area contributed by atoms with Crippen LogP contribution in [0.1, 0.15) is 18.5 Å². The number of hydrogen-bond donors (Lipinski definition) is 3. The number of ether oxygens (including phenoxy) is 1. The minimum atomic E-state index is -1.20. The van der Waals surface area contributed by atoms with Crippen molar-refractivity contribution in [1.29, 1.82) is 0 Å². The Morgan fingerprint density at radius 2 is 2.22 bits per heavy atom. The van der Waals surface area contributed by atoms with Crippen LogP contribution in [0.15, 0.2) is 21.8 Å². The molecule has 14 heteroatoms. The number of carbonyl (C=O) groups excluding carboxylic acids is 2. The number of thioether (sulfide) groups is 1. The number of hydrogen-bond acceptors (Lipinski definition) is 12. The molecule has 32 heavy (non-hydrogen) atoms. The number of carboxylic acids is 1. The average molecular weight is 494 g/mol. The van der Waals surface area contributed by atoms with E-state index in [-0.39, 0.29) is 58.5 Å². The zero-order valence-corrected chi connectivity index (χ0v) is 21.7. The van der Waals surface area contributed by atoms with Crippen molar-refractivity contribution in [2.75, 3.05) is 38.9 Å². The standard InChI is InChI=1S/C17H21N5O5S2.CH4O.Na/c1-26-21-12(10-7-29-17(18)20-10)14(23)19-9-5-22-13(16(24)25)8(6-28-15(9)22)11-3-2-4-27-11;1-2;/h7,9,11,15H,2-6H2,1H3,(H2,18,20)(H,19,23)(H,24,25);2H,1H3;/q;;+1/p-1/b21-12-;;. The Hall–Kier alpha value is -1.35. The molecule has 4 heterocycles. The molecule has 0 aromatic carbocycles. The summed E-state index contributed by atoms with van der Waals surface area (Å²) in [6.45, 7) is 1.01. The summed E-state index contributed by atoms with van der Waals surface area (Å²) in [5.74, 6) is -1.13. The average Bonchev–Trinajstić information content (AvgIpc) is 3.42. The number of carboxylic acid groups (broad SMARTS) is 1. The van der Waals surface area contributed by atoms with Crippen LogP contribution in [0.4, 0.5) is 5.13 Å². The van der Waals surface area contributed by atoms with Crippen molar-refractivity contribution in [2.24, 2.45) is 5.16 Å². The Morgan fingerprint density at radius 3 is 2.78 bits per heavy atom. The second-order valence-electron chi connectivity index (χ2n) is 6.79. The SMILES string of the molecule is CO.CO/N=C(\C(=O)NC1CN2C(C(=O)[O-])=C(C3CCCO3)CSC12)c1csc(N)n1.[Na+]. The molecule has 11 nitrogen and oxygen atoms in total. The van der Waals surface area contributed by atoms with Gasteiger partial charge in [0, 0.05) is 31.4 Å². The number of anilines is 1. The monoisotopic (exact) mass is 493 g/mol. The van der Waals surface area contributed by atoms with Crippen LogP contribution < -0.4 is 45.7 Å². The van der Waals surface area contributed by atoms with Crippen LogP contribution in [0.5, 0.6) is 0 Å². The van der Waals surface area contributed by atoms with E-state index in [1.165, 1.54) is 18.4 Å². The number of thiazole rings is 1. The number of rotatable bonds is 6. The molecule has 4 N–H and O–H groups in total. The van der Waals surface area contributed by atoms with E-state index in [0.717, 1.165) is 25.5 Å². The molecular formula is C18H24N5NaO6S2. The molecule has 2 saturated heterocycles. The van der Waals surface area contributed by atoms with Crippen LogP contribution in [0.2, 0.25) is 0 Å². The summed E-state index contributed by atoms with van der Waals surface area (Å²) < 4.78 is 5.68. The van der Waals surface area contributed by atoms with Gasteiger partial charge >= 0.3 is 29.6 Å². The van der Waals surface area contributed by atoms with E-state index in [4.69, 9.17) is 20.4 Å². The van der Waals surface area contributed by atoms with Crippen molar-refractivity contribution >= 4 is 45.8 Å². The van der Waals surface area contributed by atoms with Crippen molar-refractivity contribution in [3.8, 4) is 0 Å². The summed E-state index contributed by atoms with van der Waals surface area (Å²) in [5.41, 5.74) is 6.96. The van der Waals surface area contributed by atoms with Crippen molar-refractivity contribution in [3.05, 3.63) is 22.3 Å². The van der Waals surface area contributed by atoms with Crippen LogP contribution in [-0.4, -0.2) is 83.2 Å². The Morgan fingerprint density at radius 1 is 1.47 bits per heavy atom. The van der Waals surface area contributed by atoms with Crippen molar-refractivity contribution in [3.63, 3.8) is 0 Å². The number of nitrogens with one attached hydrogen (secondary N) is 1. The number of aliphatic hydroxyl groups is 1. The minimum Gasteiger partial charge on any atom is -0.543 e. The molecule has 2 fully saturated rings. The number of nitrogens with zero attached hydrogens (tertiary/aromatic N) is 3. The summed E-state index contributed by atoms with van der Waals surface area (Å²) in [7, 11) is 2.34. The van der Waals surface area contributed by atoms with Gasteiger partial charge in [-0.2, -0.15) is 0 Å². The quantitative estimate of drug-likeness (QED) is 0.201. The van der Waals surface area contributed by atoms with E-state index in [9.17, 15) is 14.7 Å². The largest absolute Gasteiger partial charge is 1.00 e. The molecule has 1 aromatic heterocycles. The van der Waals surface area contributed by atoms with Gasteiger partial charge in [-0.3, -0.25) is 4.79 Å². The Balaban J connectivity index is 0.00000118. The predicted octanol–water partition coefficient (Wildman–Crippen LogP) is -4.26. The summed E-state index contributed by atoms with van der Waals surface area (Å²) in [5, 5.41) is 27.2. The first kappa shape index (κ1) is 26.9. The number of nitrogen functional groups attached to an aromatic ring is 1. The number of oxime groups is 1. The first-order valence-corrected chi connectivity index (χ1v) is 11.4. The van der Waals surface area contributed by atoms with E-state index in [0.29, 0.717) is 29.7 Å². The molecule has 1 amide bonds. The first-order chi connectivity index (χ1) is 15.0. The van der Waals surface area contributed by atoms with Crippen LogP contribution in [0, 0.1) is 0 Å². The molecule has 4 rings (SSSR count). The molecule has 3 unspecified atom stereocenters. The second-order valence-corrected chi connectivity index (χ2v) is 8.78. The summed E-state index contributed by atoms with van der Waals surface area (Å²) in [4.78, 5) is 35.1. The number of nitrogens with two attached hydrogens (primary N) is 1. The van der Waals surface area contributed by atoms with Gasteiger partial charge in [-0.25, -0.2) is 4.98 Å². The van der Waals surface area contributed by atoms with E-state index in [1.807, 2.05) is 0 Å². The number of aliphatic hydroxyl groups excluding tert-OH is 1. The van der Waals surface area contributed by atoms with Gasteiger partial charge in [-0.15, -0.1) is 23.1 Å². The number of carbonyl (C=O) groups is 2. The molecule has 0 spiro atoms. The Labute approximate surface area is 215 Å². The third kappa shape index (κ3) is 5.58. The Bertz CT molecular complexity index is 889. The number of aromatic nitrogens is 1. The summed E-state index contributed by atoms with van der Waals surface area (Å²) in [6, 6.07) is -0.245. The molecule has 0 bridgehead atoms. The Kier molecular flexibility index (Phi) is 10.3. The second kappa shape index (κ2) is 12.2. The van der Waals surface area contributed by atoms with E-state index in [2.05, 4.69) is 15.5 Å². The number of amides is 1. The molecule has 0 radical (unpaired) electrons. The molecule has 0 saturated carbocycles. The van der Waals surface area contributed by atoms with Gasteiger partial charge in [-0.05, 0) is 18.4 Å². The van der Waals surface area contributed by atoms with Crippen molar-refractivity contribution in [1.82, 2.24) is 15.2 Å². The maximum Gasteiger partial charge on any atom is 1.00 e. The maximum absolute atomic E-state index is 12.7. The van der Waals surface area contributed by atoms with Gasteiger partial charge < -0.3 is 40.5 Å². The van der Waals surface area contributed by atoms with E-state index < -0.39 is 11.9 Å². The van der Waals surface area contributed by atoms with Crippen LogP contribution >= 0.6 is 23.1 Å². The zero-order chi connectivity index (χ0) is 22.5. The molecule has 3 atom stereocenters. The van der Waals surface area contributed by atoms with E-state index >= 15 is 0 Å². The fourth-order valence-electron chi connectivity index (χ4n) is 3.73. The zero-order valence-electron chi connectivity index (χ0n) is 18.1. The summed E-state index contributed by atoms with van der Waals surface area (Å²) >= 11 is 2.78. The fraction of sp³-hybridized carbons (Fsp3) is 0.556. The van der Waals surface area contributed by atoms with Crippen molar-refractivity contribution in [2.45, 2.75) is 30.4 Å². The smallest absolute Gasteiger partial charge is 0.543 e. The van der Waals surface area contributed by atoms with Gasteiger partial charge in [0.2, 0.25) is 0 Å². The summed E-state index contributed by atoms with van der Waals surface area (Å²) in [6.07, 6.45) is 1.57. The van der Waals surface area contributed by atoms with Crippen LogP contribution in [0.25, 0.3) is 0 Å². The van der Waals surface area contributed by atoms with Crippen LogP contribution in [-0.2, 0) is 19.2 Å². The van der Waals surface area contributed by atoms with Gasteiger partial charge in [0.05, 0.1) is 29.2 Å². The number of fused-ring (bicyclic) bond motifs is 1. The van der Waals surface area contributed by atoms with Gasteiger partial charge in [0.1, 0.15) is 12.8 Å². The van der Waals surface area contributed by atoms with Crippen LogP contribution in [0.3, 0.4) is 0 Å². The molecule has 3 aliphatic rings. The maximum atomic E-state index is 12.7. The minimum absolute atomic E-state index is 0. The molecular weight excluding hydrogens is 469 g/mol.